The molecule has 0 radical (unpaired) electrons. The minimum Gasteiger partial charge on any atom is -0.456 e. The standard InChI is InChI=1S/C16H16O.3C2H6/c1-3-11-9-10-12(4-2)16-15(11)13-7-5-6-8-14(13)17-16;3*1-2/h5-10H,3-4H2,1-2H3;3*1-2H3. The molecule has 1 aromatic heterocycles. The van der Waals surface area contributed by atoms with Crippen LogP contribution in [-0.4, -0.2) is 0 Å². The van der Waals surface area contributed by atoms with Crippen LogP contribution in [0.15, 0.2) is 40.8 Å². The van der Waals surface area contributed by atoms with Crippen molar-refractivity contribution < 1.29 is 4.42 Å². The molecule has 0 aliphatic rings. The summed E-state index contributed by atoms with van der Waals surface area (Å²) in [7, 11) is 0. The van der Waals surface area contributed by atoms with Gasteiger partial charge in [0, 0.05) is 10.8 Å². The summed E-state index contributed by atoms with van der Waals surface area (Å²) in [6.45, 7) is 16.4. The van der Waals surface area contributed by atoms with Crippen LogP contribution in [0.1, 0.15) is 66.5 Å². The Morgan fingerprint density at radius 3 is 1.78 bits per heavy atom. The van der Waals surface area contributed by atoms with Crippen LogP contribution in [-0.2, 0) is 12.8 Å². The predicted molar refractivity (Wildman–Crippen MR) is 107 cm³/mol. The van der Waals surface area contributed by atoms with E-state index in [0.717, 1.165) is 24.0 Å². The highest BCUT2D eigenvalue weighted by atomic mass is 16.3. The largest absolute Gasteiger partial charge is 0.456 e. The first kappa shape index (κ1) is 21.2. The highest BCUT2D eigenvalue weighted by Crippen LogP contribution is 2.33. The van der Waals surface area contributed by atoms with Crippen molar-refractivity contribution in [1.82, 2.24) is 0 Å². The van der Waals surface area contributed by atoms with Crippen molar-refractivity contribution in [2.24, 2.45) is 0 Å². The number of benzene rings is 2. The van der Waals surface area contributed by atoms with E-state index in [0.29, 0.717) is 0 Å². The van der Waals surface area contributed by atoms with Gasteiger partial charge in [0.1, 0.15) is 11.2 Å². The SMILES string of the molecule is CC.CC.CC.CCc1ccc(CC)c2c1oc1ccccc12. The molecule has 0 unspecified atom stereocenters. The Morgan fingerprint density at radius 1 is 0.696 bits per heavy atom. The van der Waals surface area contributed by atoms with Crippen molar-refractivity contribution in [3.63, 3.8) is 0 Å². The second-order valence-corrected chi connectivity index (χ2v) is 4.39. The number of rotatable bonds is 2. The van der Waals surface area contributed by atoms with E-state index in [1.165, 1.54) is 21.9 Å². The van der Waals surface area contributed by atoms with Gasteiger partial charge in [-0.05, 0) is 30.0 Å². The maximum atomic E-state index is 6.02. The lowest BCUT2D eigenvalue weighted by Gasteiger charge is -2.03. The van der Waals surface area contributed by atoms with Crippen LogP contribution in [0.25, 0.3) is 21.9 Å². The minimum absolute atomic E-state index is 0.998. The van der Waals surface area contributed by atoms with Crippen molar-refractivity contribution >= 4 is 21.9 Å². The van der Waals surface area contributed by atoms with Gasteiger partial charge in [0.25, 0.3) is 0 Å². The molecule has 23 heavy (non-hydrogen) atoms. The Balaban J connectivity index is 0.000000728. The fourth-order valence-electron chi connectivity index (χ4n) is 2.52. The number of hydrogen-bond donors (Lipinski definition) is 0. The monoisotopic (exact) mass is 314 g/mol. The third-order valence-electron chi connectivity index (χ3n) is 3.46. The molecule has 0 aliphatic carbocycles. The predicted octanol–water partition coefficient (Wildman–Crippen LogP) is 7.79. The average Bonchev–Trinajstić information content (AvgIpc) is 3.05. The number of furan rings is 1. The topological polar surface area (TPSA) is 13.1 Å². The maximum Gasteiger partial charge on any atom is 0.138 e. The Kier molecular flexibility index (Phi) is 10.9. The van der Waals surface area contributed by atoms with Crippen LogP contribution >= 0.6 is 0 Å². The van der Waals surface area contributed by atoms with Crippen LogP contribution in [0.3, 0.4) is 0 Å². The van der Waals surface area contributed by atoms with Gasteiger partial charge in [-0.25, -0.2) is 0 Å². The first-order valence-corrected chi connectivity index (χ1v) is 9.27. The summed E-state index contributed by atoms with van der Waals surface area (Å²) in [4.78, 5) is 0. The van der Waals surface area contributed by atoms with E-state index in [1.54, 1.807) is 0 Å². The first-order valence-electron chi connectivity index (χ1n) is 9.27. The molecule has 1 heterocycles. The fourth-order valence-corrected chi connectivity index (χ4v) is 2.52. The second kappa shape index (κ2) is 11.8. The zero-order chi connectivity index (χ0) is 17.8. The molecule has 0 saturated heterocycles. The lowest BCUT2D eigenvalue weighted by molar-refractivity contribution is 0.663. The molecule has 0 fully saturated rings. The molecule has 2 aromatic carbocycles. The minimum atomic E-state index is 0.998. The van der Waals surface area contributed by atoms with Crippen LogP contribution < -0.4 is 0 Å². The van der Waals surface area contributed by atoms with Crippen molar-refractivity contribution in [2.75, 3.05) is 0 Å². The number of para-hydroxylation sites is 1. The molecule has 3 rings (SSSR count). The van der Waals surface area contributed by atoms with E-state index in [-0.39, 0.29) is 0 Å². The second-order valence-electron chi connectivity index (χ2n) is 4.39. The molecule has 0 N–H and O–H groups in total. The van der Waals surface area contributed by atoms with Gasteiger partial charge in [-0.1, -0.05) is 85.7 Å². The summed E-state index contributed by atoms with van der Waals surface area (Å²) in [5.41, 5.74) is 4.75. The molecular formula is C22H34O. The molecule has 128 valence electrons. The molecule has 0 saturated carbocycles. The van der Waals surface area contributed by atoms with Crippen molar-refractivity contribution in [3.8, 4) is 0 Å². The van der Waals surface area contributed by atoms with Crippen LogP contribution in [0.5, 0.6) is 0 Å². The smallest absolute Gasteiger partial charge is 0.138 e. The van der Waals surface area contributed by atoms with Gasteiger partial charge >= 0.3 is 0 Å². The van der Waals surface area contributed by atoms with Gasteiger partial charge in [-0.2, -0.15) is 0 Å². The van der Waals surface area contributed by atoms with Crippen molar-refractivity contribution in [3.05, 3.63) is 47.5 Å². The van der Waals surface area contributed by atoms with Crippen LogP contribution in [0, 0.1) is 0 Å². The van der Waals surface area contributed by atoms with Crippen molar-refractivity contribution in [1.29, 1.82) is 0 Å². The van der Waals surface area contributed by atoms with Gasteiger partial charge in [0.2, 0.25) is 0 Å². The molecule has 0 aliphatic heterocycles. The van der Waals surface area contributed by atoms with Gasteiger partial charge < -0.3 is 4.42 Å². The number of aryl methyl sites for hydroxylation is 2. The fraction of sp³-hybridized carbons (Fsp3) is 0.455. The Labute approximate surface area is 142 Å². The molecular weight excluding hydrogens is 280 g/mol. The maximum absolute atomic E-state index is 6.02. The summed E-state index contributed by atoms with van der Waals surface area (Å²) < 4.78 is 6.02. The Bertz CT molecular complexity index is 677. The third kappa shape index (κ3) is 4.60. The highest BCUT2D eigenvalue weighted by Gasteiger charge is 2.12. The quantitative estimate of drug-likeness (QED) is 0.470. The van der Waals surface area contributed by atoms with Gasteiger partial charge in [0.05, 0.1) is 0 Å². The van der Waals surface area contributed by atoms with Gasteiger partial charge in [0.15, 0.2) is 0 Å². The molecule has 1 heteroatoms. The molecule has 0 amide bonds. The van der Waals surface area contributed by atoms with Crippen molar-refractivity contribution in [2.45, 2.75) is 68.2 Å². The van der Waals surface area contributed by atoms with E-state index in [4.69, 9.17) is 4.42 Å². The van der Waals surface area contributed by atoms with Gasteiger partial charge in [-0.15, -0.1) is 0 Å². The lowest BCUT2D eigenvalue weighted by Crippen LogP contribution is -1.86. The van der Waals surface area contributed by atoms with E-state index in [1.807, 2.05) is 53.7 Å². The number of hydrogen-bond acceptors (Lipinski definition) is 1. The van der Waals surface area contributed by atoms with Crippen LogP contribution in [0.4, 0.5) is 0 Å². The first-order chi connectivity index (χ1) is 11.3. The van der Waals surface area contributed by atoms with E-state index < -0.39 is 0 Å². The van der Waals surface area contributed by atoms with E-state index in [9.17, 15) is 0 Å². The average molecular weight is 315 g/mol. The third-order valence-corrected chi connectivity index (χ3v) is 3.46. The molecule has 0 bridgehead atoms. The van der Waals surface area contributed by atoms with E-state index in [2.05, 4.69) is 38.1 Å². The van der Waals surface area contributed by atoms with E-state index >= 15 is 0 Å². The lowest BCUT2D eigenvalue weighted by atomic mass is 10.0. The highest BCUT2D eigenvalue weighted by molar-refractivity contribution is 6.07. The molecule has 1 nitrogen and oxygen atoms in total. The zero-order valence-electron chi connectivity index (χ0n) is 16.3. The number of fused-ring (bicyclic) bond motifs is 3. The summed E-state index contributed by atoms with van der Waals surface area (Å²) in [6.07, 6.45) is 2.06. The molecule has 3 aromatic rings. The molecule has 0 atom stereocenters. The van der Waals surface area contributed by atoms with Crippen LogP contribution in [0.2, 0.25) is 0 Å². The Morgan fingerprint density at radius 2 is 1.22 bits per heavy atom. The summed E-state index contributed by atoms with van der Waals surface area (Å²) in [5, 5.41) is 2.55. The normalized spacial score (nSPS) is 9.22. The van der Waals surface area contributed by atoms with Gasteiger partial charge in [-0.3, -0.25) is 0 Å². The summed E-state index contributed by atoms with van der Waals surface area (Å²) in [6, 6.07) is 12.7. The Hall–Kier alpha value is -1.76. The zero-order valence-corrected chi connectivity index (χ0v) is 16.3. The molecule has 0 spiro atoms. The summed E-state index contributed by atoms with van der Waals surface area (Å²) in [5.74, 6) is 0. The summed E-state index contributed by atoms with van der Waals surface area (Å²) >= 11 is 0.